The molecule has 112 valence electrons. The van der Waals surface area contributed by atoms with Gasteiger partial charge >= 0.3 is 0 Å². The van der Waals surface area contributed by atoms with Crippen LogP contribution in [0.3, 0.4) is 0 Å². The van der Waals surface area contributed by atoms with Crippen LogP contribution in [0.1, 0.15) is 25.8 Å². The van der Waals surface area contributed by atoms with Crippen molar-refractivity contribution >= 4 is 29.0 Å². The third-order valence-corrected chi connectivity index (χ3v) is 4.28. The number of methoxy groups -OCH3 is 1. The lowest BCUT2D eigenvalue weighted by Gasteiger charge is -2.19. The number of rotatable bonds is 4. The van der Waals surface area contributed by atoms with Crippen LogP contribution < -0.4 is 4.74 Å². The molecule has 1 aromatic rings. The molecule has 1 unspecified atom stereocenters. The van der Waals surface area contributed by atoms with Crippen LogP contribution in [0, 0.1) is 0 Å². The summed E-state index contributed by atoms with van der Waals surface area (Å²) < 4.78 is 5.03. The maximum absolute atomic E-state index is 12.3. The molecule has 1 atom stereocenters. The number of imide groups is 1. The molecule has 1 aromatic carbocycles. The third-order valence-electron chi connectivity index (χ3n) is 3.39. The van der Waals surface area contributed by atoms with Gasteiger partial charge in [0, 0.05) is 11.6 Å². The number of carbonyl (C=O) groups is 2. The Morgan fingerprint density at radius 3 is 2.76 bits per heavy atom. The van der Waals surface area contributed by atoms with Crippen molar-refractivity contribution in [1.29, 1.82) is 0 Å². The van der Waals surface area contributed by atoms with Crippen molar-refractivity contribution in [1.82, 2.24) is 4.90 Å². The summed E-state index contributed by atoms with van der Waals surface area (Å²) in [6, 6.07) is 4.86. The van der Waals surface area contributed by atoms with E-state index in [9.17, 15) is 14.7 Å². The summed E-state index contributed by atoms with van der Waals surface area (Å²) in [5, 5.41) is 9.76. The number of ether oxygens (including phenoxy) is 1. The van der Waals surface area contributed by atoms with Crippen molar-refractivity contribution in [3.63, 3.8) is 0 Å². The van der Waals surface area contributed by atoms with Crippen LogP contribution >= 0.6 is 11.8 Å². The van der Waals surface area contributed by atoms with E-state index in [0.717, 1.165) is 11.8 Å². The van der Waals surface area contributed by atoms with E-state index in [4.69, 9.17) is 4.74 Å². The first-order valence-electron chi connectivity index (χ1n) is 6.62. The third kappa shape index (κ3) is 2.90. The molecule has 2 rings (SSSR count). The lowest BCUT2D eigenvalue weighted by molar-refractivity contribution is -0.124. The fourth-order valence-corrected chi connectivity index (χ4v) is 2.93. The van der Waals surface area contributed by atoms with Gasteiger partial charge < -0.3 is 9.84 Å². The molecular formula is C15H17NO4S. The summed E-state index contributed by atoms with van der Waals surface area (Å²) >= 11 is 0.889. The van der Waals surface area contributed by atoms with E-state index in [1.165, 1.54) is 18.1 Å². The van der Waals surface area contributed by atoms with Gasteiger partial charge in [-0.1, -0.05) is 19.1 Å². The van der Waals surface area contributed by atoms with Crippen molar-refractivity contribution in [3.8, 4) is 11.5 Å². The van der Waals surface area contributed by atoms with Crippen LogP contribution in [0.25, 0.3) is 6.08 Å². The van der Waals surface area contributed by atoms with Crippen LogP contribution in [0.5, 0.6) is 11.5 Å². The maximum Gasteiger partial charge on any atom is 0.293 e. The van der Waals surface area contributed by atoms with Crippen molar-refractivity contribution in [2.24, 2.45) is 0 Å². The number of nitrogens with zero attached hydrogens (tertiary/aromatic N) is 1. The van der Waals surface area contributed by atoms with Crippen LogP contribution in [0.2, 0.25) is 0 Å². The zero-order valence-corrected chi connectivity index (χ0v) is 12.9. The standard InChI is InChI=1S/C15H17NO4S/c1-4-9(2)16-14(18)12(21-15(16)19)8-10-6-5-7-11(20-3)13(10)17/h5-9,17H,4H2,1-3H3/b12-8-. The topological polar surface area (TPSA) is 66.8 Å². The minimum absolute atomic E-state index is 0.0460. The van der Waals surface area contributed by atoms with Gasteiger partial charge in [-0.3, -0.25) is 14.5 Å². The van der Waals surface area contributed by atoms with Crippen LogP contribution in [-0.2, 0) is 4.79 Å². The zero-order chi connectivity index (χ0) is 15.6. The Bertz CT molecular complexity index is 612. The van der Waals surface area contributed by atoms with E-state index in [1.807, 2.05) is 13.8 Å². The Labute approximate surface area is 127 Å². The summed E-state index contributed by atoms with van der Waals surface area (Å²) in [7, 11) is 1.45. The van der Waals surface area contributed by atoms with Gasteiger partial charge in [0.05, 0.1) is 12.0 Å². The number of phenolic OH excluding ortho intramolecular Hbond substituents is 1. The summed E-state index contributed by atoms with van der Waals surface area (Å²) in [4.78, 5) is 25.8. The number of carbonyl (C=O) groups excluding carboxylic acids is 2. The molecule has 1 heterocycles. The first-order chi connectivity index (χ1) is 9.99. The monoisotopic (exact) mass is 307 g/mol. The smallest absolute Gasteiger partial charge is 0.293 e. The number of para-hydroxylation sites is 1. The Balaban J connectivity index is 2.35. The molecule has 1 fully saturated rings. The zero-order valence-electron chi connectivity index (χ0n) is 12.1. The predicted octanol–water partition coefficient (Wildman–Crippen LogP) is 3.24. The number of thioether (sulfide) groups is 1. The first-order valence-corrected chi connectivity index (χ1v) is 7.44. The molecule has 0 saturated carbocycles. The van der Waals surface area contributed by atoms with Crippen LogP contribution in [-0.4, -0.2) is 34.3 Å². The minimum Gasteiger partial charge on any atom is -0.504 e. The Morgan fingerprint density at radius 1 is 1.43 bits per heavy atom. The van der Waals surface area contributed by atoms with Crippen molar-refractivity contribution in [2.75, 3.05) is 7.11 Å². The predicted molar refractivity (Wildman–Crippen MR) is 82.2 cm³/mol. The van der Waals surface area contributed by atoms with E-state index in [1.54, 1.807) is 18.2 Å². The molecule has 21 heavy (non-hydrogen) atoms. The summed E-state index contributed by atoms with van der Waals surface area (Å²) in [5.74, 6) is -0.0400. The lowest BCUT2D eigenvalue weighted by atomic mass is 10.1. The second-order valence-corrected chi connectivity index (χ2v) is 5.70. The number of hydrogen-bond acceptors (Lipinski definition) is 5. The summed E-state index contributed by atoms with van der Waals surface area (Å²) in [5.41, 5.74) is 0.448. The van der Waals surface area contributed by atoms with Gasteiger partial charge in [-0.25, -0.2) is 0 Å². The Morgan fingerprint density at radius 2 is 2.14 bits per heavy atom. The number of hydrogen-bond donors (Lipinski definition) is 1. The highest BCUT2D eigenvalue weighted by atomic mass is 32.2. The van der Waals surface area contributed by atoms with E-state index < -0.39 is 0 Å². The number of amides is 2. The van der Waals surface area contributed by atoms with E-state index in [0.29, 0.717) is 22.6 Å². The fourth-order valence-electron chi connectivity index (χ4n) is 2.00. The molecule has 0 aliphatic carbocycles. The van der Waals surface area contributed by atoms with Gasteiger partial charge in [0.1, 0.15) is 0 Å². The molecule has 0 bridgehead atoms. The molecular weight excluding hydrogens is 290 g/mol. The molecule has 6 heteroatoms. The largest absolute Gasteiger partial charge is 0.504 e. The number of phenols is 1. The van der Waals surface area contributed by atoms with Gasteiger partial charge in [0.15, 0.2) is 11.5 Å². The average molecular weight is 307 g/mol. The van der Waals surface area contributed by atoms with Gasteiger partial charge in [-0.2, -0.15) is 0 Å². The fraction of sp³-hybridized carbons (Fsp3) is 0.333. The number of benzene rings is 1. The van der Waals surface area contributed by atoms with Gasteiger partial charge in [0.25, 0.3) is 11.1 Å². The van der Waals surface area contributed by atoms with E-state index >= 15 is 0 Å². The highest BCUT2D eigenvalue weighted by Crippen LogP contribution is 2.37. The molecule has 0 spiro atoms. The molecule has 2 amide bonds. The van der Waals surface area contributed by atoms with Crippen LogP contribution in [0.4, 0.5) is 4.79 Å². The SMILES string of the molecule is CCC(C)N1C(=O)S/C(=C\c2cccc(OC)c2O)C1=O. The highest BCUT2D eigenvalue weighted by Gasteiger charge is 2.37. The average Bonchev–Trinajstić information content (AvgIpc) is 2.75. The quantitative estimate of drug-likeness (QED) is 0.865. The van der Waals surface area contributed by atoms with Gasteiger partial charge in [-0.05, 0) is 37.2 Å². The maximum atomic E-state index is 12.3. The minimum atomic E-state index is -0.318. The second-order valence-electron chi connectivity index (χ2n) is 4.71. The molecule has 0 radical (unpaired) electrons. The Kier molecular flexibility index (Phi) is 4.57. The molecule has 1 N–H and O–H groups in total. The van der Waals surface area contributed by atoms with Crippen molar-refractivity contribution in [3.05, 3.63) is 28.7 Å². The summed E-state index contributed by atoms with van der Waals surface area (Å²) in [6.07, 6.45) is 2.22. The highest BCUT2D eigenvalue weighted by molar-refractivity contribution is 8.18. The van der Waals surface area contributed by atoms with E-state index in [2.05, 4.69) is 0 Å². The molecule has 0 aromatic heterocycles. The first kappa shape index (κ1) is 15.4. The molecule has 1 saturated heterocycles. The van der Waals surface area contributed by atoms with Crippen molar-refractivity contribution in [2.45, 2.75) is 26.3 Å². The van der Waals surface area contributed by atoms with Gasteiger partial charge in [-0.15, -0.1) is 0 Å². The normalized spacial score (nSPS) is 18.4. The molecule has 5 nitrogen and oxygen atoms in total. The second kappa shape index (κ2) is 6.22. The van der Waals surface area contributed by atoms with Crippen molar-refractivity contribution < 1.29 is 19.4 Å². The summed E-state index contributed by atoms with van der Waals surface area (Å²) in [6.45, 7) is 3.76. The Hall–Kier alpha value is -1.95. The van der Waals surface area contributed by atoms with Crippen LogP contribution in [0.15, 0.2) is 23.1 Å². The van der Waals surface area contributed by atoms with Gasteiger partial charge in [0.2, 0.25) is 0 Å². The molecule has 1 aliphatic rings. The van der Waals surface area contributed by atoms with E-state index in [-0.39, 0.29) is 22.9 Å². The lowest BCUT2D eigenvalue weighted by Crippen LogP contribution is -2.36. The molecule has 1 aliphatic heterocycles. The number of aromatic hydroxyl groups is 1.